The minimum Gasteiger partial charge on any atom is -0.748 e. The van der Waals surface area contributed by atoms with Gasteiger partial charge < -0.3 is 18.9 Å². The lowest BCUT2D eigenvalue weighted by atomic mass is 9.89. The Morgan fingerprint density at radius 2 is 1.31 bits per heavy atom. The van der Waals surface area contributed by atoms with Crippen LogP contribution in [0.1, 0.15) is 25.7 Å². The predicted molar refractivity (Wildman–Crippen MR) is 151 cm³/mol. The van der Waals surface area contributed by atoms with Crippen molar-refractivity contribution in [3.63, 3.8) is 0 Å². The number of amidine groups is 1. The van der Waals surface area contributed by atoms with E-state index in [-0.39, 0.29) is 58.8 Å². The van der Waals surface area contributed by atoms with Crippen LogP contribution in [0.3, 0.4) is 0 Å². The number of halogens is 4. The van der Waals surface area contributed by atoms with Crippen molar-refractivity contribution in [1.29, 1.82) is 0 Å². The number of allylic oxidation sites excluding steroid dienone is 2. The number of hydrogen-bond donors (Lipinski definition) is 0. The first-order valence-corrected chi connectivity index (χ1v) is 17.6. The van der Waals surface area contributed by atoms with E-state index in [0.717, 1.165) is 11.7 Å². The van der Waals surface area contributed by atoms with Crippen LogP contribution in [0.4, 0.5) is 0 Å². The van der Waals surface area contributed by atoms with Gasteiger partial charge in [0.05, 0.1) is 78.9 Å². The lowest BCUT2D eigenvalue weighted by Gasteiger charge is -2.36. The van der Waals surface area contributed by atoms with Crippen molar-refractivity contribution in [2.75, 3.05) is 38.7 Å². The molecule has 10 nitrogen and oxygen atoms in total. The van der Waals surface area contributed by atoms with Crippen LogP contribution in [-0.2, 0) is 20.2 Å². The van der Waals surface area contributed by atoms with E-state index in [0.29, 0.717) is 25.7 Å². The van der Waals surface area contributed by atoms with Gasteiger partial charge in [0.15, 0.2) is 0 Å². The van der Waals surface area contributed by atoms with Crippen molar-refractivity contribution in [1.82, 2.24) is 14.7 Å². The maximum Gasteiger partial charge on any atom is 0.272 e. The smallest absolute Gasteiger partial charge is 0.272 e. The van der Waals surface area contributed by atoms with E-state index < -0.39 is 31.7 Å². The van der Waals surface area contributed by atoms with Crippen LogP contribution in [0.2, 0.25) is 0 Å². The molecule has 222 valence electrons. The maximum absolute atomic E-state index is 11.4. The Bertz CT molecular complexity index is 1250. The van der Waals surface area contributed by atoms with E-state index in [1.54, 1.807) is 6.08 Å². The molecule has 2 aliphatic carbocycles. The molecule has 0 spiro atoms. The number of hydrogen-bond acceptors (Lipinski definition) is 9. The molecule has 0 bridgehead atoms. The van der Waals surface area contributed by atoms with Crippen LogP contribution in [-0.4, -0.2) is 135 Å². The molecule has 4 rings (SSSR count). The number of fused-ring (bicyclic) bond motifs is 2. The number of alkyl halides is 4. The summed E-state index contributed by atoms with van der Waals surface area (Å²) in [6.07, 6.45) is 7.79. The van der Waals surface area contributed by atoms with E-state index >= 15 is 0 Å². The molecule has 0 aromatic carbocycles. The van der Waals surface area contributed by atoms with Crippen molar-refractivity contribution in [2.45, 2.75) is 71.4 Å². The Labute approximate surface area is 250 Å². The summed E-state index contributed by atoms with van der Waals surface area (Å²) >= 11 is 25.8. The van der Waals surface area contributed by atoms with Gasteiger partial charge in [-0.05, 0) is 18.9 Å². The van der Waals surface area contributed by atoms with E-state index in [9.17, 15) is 25.9 Å². The summed E-state index contributed by atoms with van der Waals surface area (Å²) in [5.74, 6) is 0.382. The molecule has 8 atom stereocenters. The molecular weight excluding hydrogens is 634 g/mol. The summed E-state index contributed by atoms with van der Waals surface area (Å²) in [7, 11) is -5.06. The SMILES string of the molecule is CN1C(=CC=CC2=[N+](C)C3CC(Cl)C(Cl)CC3N2CCS(=O)(=O)[O-])N(CCS(=O)(=O)[O-])C2CC(Cl)C(Cl)CC21. The van der Waals surface area contributed by atoms with E-state index in [4.69, 9.17) is 46.4 Å². The summed E-state index contributed by atoms with van der Waals surface area (Å²) in [5.41, 5.74) is 0. The second kappa shape index (κ2) is 12.0. The van der Waals surface area contributed by atoms with Gasteiger partial charge in [0.25, 0.3) is 5.84 Å². The Hall–Kier alpha value is -0.470. The minimum atomic E-state index is -4.43. The topological polar surface area (TPSA) is 127 Å². The van der Waals surface area contributed by atoms with Crippen LogP contribution >= 0.6 is 46.4 Å². The minimum absolute atomic E-state index is 0.00116. The highest BCUT2D eigenvalue weighted by Crippen LogP contribution is 2.41. The van der Waals surface area contributed by atoms with Gasteiger partial charge in [0.1, 0.15) is 17.9 Å². The van der Waals surface area contributed by atoms with Crippen molar-refractivity contribution < 1.29 is 30.5 Å². The summed E-state index contributed by atoms with van der Waals surface area (Å²) in [5, 5.41) is -1.03. The molecule has 0 aromatic heterocycles. The summed E-state index contributed by atoms with van der Waals surface area (Å²) in [4.78, 5) is 5.85. The fraction of sp³-hybridized carbons (Fsp3) is 0.783. The lowest BCUT2D eigenvalue weighted by Crippen LogP contribution is -2.49. The van der Waals surface area contributed by atoms with Gasteiger partial charge in [-0.15, -0.1) is 46.4 Å². The fourth-order valence-corrected chi connectivity index (χ4v) is 8.34. The van der Waals surface area contributed by atoms with Gasteiger partial charge >= 0.3 is 0 Å². The Kier molecular flexibility index (Phi) is 9.70. The molecule has 3 fully saturated rings. The largest absolute Gasteiger partial charge is 0.748 e. The van der Waals surface area contributed by atoms with Crippen LogP contribution < -0.4 is 0 Å². The van der Waals surface area contributed by atoms with Gasteiger partial charge in [-0.25, -0.2) is 16.8 Å². The average Bonchev–Trinajstić information content (AvgIpc) is 3.21. The first-order valence-electron chi connectivity index (χ1n) is 12.7. The number of nitrogens with zero attached hydrogens (tertiary/aromatic N) is 4. The van der Waals surface area contributed by atoms with Gasteiger partial charge in [-0.1, -0.05) is 6.08 Å². The Morgan fingerprint density at radius 1 is 0.821 bits per heavy atom. The third kappa shape index (κ3) is 7.13. The molecule has 0 N–H and O–H groups in total. The zero-order chi connectivity index (χ0) is 28.9. The van der Waals surface area contributed by atoms with E-state index in [1.807, 2.05) is 45.5 Å². The first kappa shape index (κ1) is 31.5. The average molecular weight is 667 g/mol. The zero-order valence-electron chi connectivity index (χ0n) is 21.6. The molecule has 1 saturated heterocycles. The van der Waals surface area contributed by atoms with E-state index in [2.05, 4.69) is 0 Å². The first-order chi connectivity index (χ1) is 18.1. The van der Waals surface area contributed by atoms with Crippen molar-refractivity contribution in [2.24, 2.45) is 0 Å². The molecule has 2 aliphatic heterocycles. The highest BCUT2D eigenvalue weighted by molar-refractivity contribution is 7.85. The Balaban J connectivity index is 1.64. The monoisotopic (exact) mass is 665 g/mol. The third-order valence-corrected chi connectivity index (χ3v) is 11.9. The van der Waals surface area contributed by atoms with E-state index in [1.165, 1.54) is 0 Å². The Morgan fingerprint density at radius 3 is 1.87 bits per heavy atom. The molecule has 0 aromatic rings. The predicted octanol–water partition coefficient (Wildman–Crippen LogP) is 1.57. The van der Waals surface area contributed by atoms with Crippen LogP contribution in [0.5, 0.6) is 0 Å². The molecule has 39 heavy (non-hydrogen) atoms. The molecule has 0 amide bonds. The molecule has 2 heterocycles. The molecule has 4 aliphatic rings. The molecule has 8 unspecified atom stereocenters. The molecular formula is C23H33Cl4N4O6S2-. The van der Waals surface area contributed by atoms with Crippen molar-refractivity contribution in [3.05, 3.63) is 24.0 Å². The van der Waals surface area contributed by atoms with Crippen molar-refractivity contribution in [3.8, 4) is 0 Å². The van der Waals surface area contributed by atoms with Crippen LogP contribution in [0, 0.1) is 0 Å². The standard InChI is InChI=1S/C23H34Cl4N4O6S2/c1-28-18-10-14(24)16(26)12-20(18)30(6-8-38(32,33)34)22(28)4-3-5-23-29(2)19-11-15(25)17(27)13-21(19)31(23)7-9-39(35,36)37/h3-5,14-21H,6-13H2,1-2H3,(H-,32,33,34,35,36,37)/p-1. The third-order valence-electron chi connectivity index (χ3n) is 8.30. The molecule has 16 heteroatoms. The lowest BCUT2D eigenvalue weighted by molar-refractivity contribution is -0.533. The summed E-state index contributed by atoms with van der Waals surface area (Å²) in [6, 6.07) is -0.195. The maximum atomic E-state index is 11.4. The van der Waals surface area contributed by atoms with Crippen LogP contribution in [0.25, 0.3) is 0 Å². The zero-order valence-corrected chi connectivity index (χ0v) is 26.2. The second-order valence-corrected chi connectivity index (χ2v) is 15.9. The van der Waals surface area contributed by atoms with Gasteiger partial charge in [0.2, 0.25) is 0 Å². The molecule has 0 radical (unpaired) electrons. The normalized spacial score (nSPS) is 36.8. The summed E-state index contributed by atoms with van der Waals surface area (Å²) in [6.45, 7) is 0.0474. The van der Waals surface area contributed by atoms with Gasteiger partial charge in [-0.2, -0.15) is 0 Å². The fourth-order valence-electron chi connectivity index (χ4n) is 6.36. The molecule has 2 saturated carbocycles. The number of likely N-dealkylation sites (N-methyl/N-ethyl adjacent to an activating group) is 2. The highest BCUT2D eigenvalue weighted by atomic mass is 35.5. The summed E-state index contributed by atoms with van der Waals surface area (Å²) < 4.78 is 70.7. The van der Waals surface area contributed by atoms with Gasteiger partial charge in [-0.3, -0.25) is 9.48 Å². The second-order valence-electron chi connectivity index (χ2n) is 10.7. The highest BCUT2D eigenvalue weighted by Gasteiger charge is 2.51. The number of rotatable bonds is 8. The van der Waals surface area contributed by atoms with Gasteiger partial charge in [0, 0.05) is 32.5 Å². The van der Waals surface area contributed by atoms with Crippen molar-refractivity contribution >= 4 is 72.5 Å². The van der Waals surface area contributed by atoms with Crippen LogP contribution in [0.15, 0.2) is 24.0 Å². The quantitative estimate of drug-likeness (QED) is 0.216.